The average molecular weight is 235 g/mol. The smallest absolute Gasteiger partial charge is 0.337 e. The van der Waals surface area contributed by atoms with E-state index in [9.17, 15) is 9.59 Å². The van der Waals surface area contributed by atoms with Gasteiger partial charge in [-0.05, 0) is 31.6 Å². The molecule has 5 heteroatoms. The van der Waals surface area contributed by atoms with Crippen LogP contribution in [0.1, 0.15) is 29.9 Å². The lowest BCUT2D eigenvalue weighted by Crippen LogP contribution is -2.01. The Morgan fingerprint density at radius 1 is 1.47 bits per heavy atom. The second kappa shape index (κ2) is 5.79. The summed E-state index contributed by atoms with van der Waals surface area (Å²) in [6.45, 7) is 3.74. The van der Waals surface area contributed by atoms with Crippen LogP contribution in [0.15, 0.2) is 24.4 Å². The van der Waals surface area contributed by atoms with Gasteiger partial charge in [0.15, 0.2) is 0 Å². The zero-order valence-electron chi connectivity index (χ0n) is 9.64. The molecule has 0 saturated heterocycles. The highest BCUT2D eigenvalue weighted by molar-refractivity contribution is 5.91. The van der Waals surface area contributed by atoms with E-state index in [-0.39, 0.29) is 5.56 Å². The van der Waals surface area contributed by atoms with Gasteiger partial charge in [0.2, 0.25) is 0 Å². The number of allylic oxidation sites excluding steroid dienone is 1. The molecule has 0 saturated carbocycles. The second-order valence-electron chi connectivity index (χ2n) is 3.32. The van der Waals surface area contributed by atoms with Crippen molar-refractivity contribution in [2.75, 3.05) is 6.61 Å². The van der Waals surface area contributed by atoms with Crippen molar-refractivity contribution in [1.82, 2.24) is 4.98 Å². The van der Waals surface area contributed by atoms with Crippen LogP contribution in [0.4, 0.5) is 0 Å². The normalized spacial score (nSPS) is 11.1. The van der Waals surface area contributed by atoms with Crippen LogP contribution >= 0.6 is 0 Å². The lowest BCUT2D eigenvalue weighted by atomic mass is 10.1. The number of carboxylic acids is 1. The summed E-state index contributed by atoms with van der Waals surface area (Å²) in [5.41, 5.74) is 1.28. The minimum absolute atomic E-state index is 0.109. The summed E-state index contributed by atoms with van der Waals surface area (Å²) in [7, 11) is 0. The third kappa shape index (κ3) is 3.71. The number of hydrogen-bond acceptors (Lipinski definition) is 4. The van der Waals surface area contributed by atoms with Gasteiger partial charge in [0.05, 0.1) is 17.9 Å². The first-order valence-corrected chi connectivity index (χ1v) is 5.09. The fourth-order valence-electron chi connectivity index (χ4n) is 1.19. The van der Waals surface area contributed by atoms with Crippen molar-refractivity contribution in [2.45, 2.75) is 13.8 Å². The van der Waals surface area contributed by atoms with Gasteiger partial charge >= 0.3 is 11.9 Å². The maximum absolute atomic E-state index is 11.2. The average Bonchev–Trinajstić information content (AvgIpc) is 2.29. The largest absolute Gasteiger partial charge is 0.478 e. The first-order chi connectivity index (χ1) is 8.04. The van der Waals surface area contributed by atoms with E-state index >= 15 is 0 Å². The van der Waals surface area contributed by atoms with Crippen molar-refractivity contribution < 1.29 is 19.4 Å². The van der Waals surface area contributed by atoms with E-state index in [1.165, 1.54) is 18.3 Å². The van der Waals surface area contributed by atoms with Crippen molar-refractivity contribution in [3.05, 3.63) is 35.7 Å². The van der Waals surface area contributed by atoms with Crippen molar-refractivity contribution in [3.63, 3.8) is 0 Å². The minimum atomic E-state index is -1.03. The van der Waals surface area contributed by atoms with Crippen molar-refractivity contribution in [3.8, 4) is 0 Å². The SMILES string of the molecule is CCOC(=O)/C=C(\C)c1ccc(C(=O)O)cn1. The van der Waals surface area contributed by atoms with Crippen molar-refractivity contribution in [2.24, 2.45) is 0 Å². The van der Waals surface area contributed by atoms with Crippen LogP contribution in [0.2, 0.25) is 0 Å². The van der Waals surface area contributed by atoms with Gasteiger partial charge in [-0.15, -0.1) is 0 Å². The van der Waals surface area contributed by atoms with E-state index in [1.807, 2.05) is 0 Å². The molecule has 0 fully saturated rings. The highest BCUT2D eigenvalue weighted by Gasteiger charge is 2.05. The van der Waals surface area contributed by atoms with Gasteiger partial charge in [-0.1, -0.05) is 0 Å². The van der Waals surface area contributed by atoms with Crippen LogP contribution in [0.5, 0.6) is 0 Å². The number of carbonyl (C=O) groups is 2. The number of pyridine rings is 1. The van der Waals surface area contributed by atoms with E-state index in [1.54, 1.807) is 19.9 Å². The Morgan fingerprint density at radius 2 is 2.18 bits per heavy atom. The zero-order valence-corrected chi connectivity index (χ0v) is 9.64. The molecule has 0 radical (unpaired) electrons. The Morgan fingerprint density at radius 3 is 2.65 bits per heavy atom. The Labute approximate surface area is 98.7 Å². The number of nitrogens with zero attached hydrogens (tertiary/aromatic N) is 1. The molecule has 0 aromatic carbocycles. The van der Waals surface area contributed by atoms with Gasteiger partial charge < -0.3 is 9.84 Å². The summed E-state index contributed by atoms with van der Waals surface area (Å²) in [5, 5.41) is 8.70. The predicted octanol–water partition coefficient (Wildman–Crippen LogP) is 1.75. The molecule has 1 heterocycles. The fourth-order valence-corrected chi connectivity index (χ4v) is 1.19. The molecule has 1 N–H and O–H groups in total. The van der Waals surface area contributed by atoms with Crippen molar-refractivity contribution >= 4 is 17.5 Å². The number of esters is 1. The van der Waals surface area contributed by atoms with Gasteiger partial charge in [-0.25, -0.2) is 9.59 Å². The van der Waals surface area contributed by atoms with Crippen LogP contribution in [-0.4, -0.2) is 28.6 Å². The monoisotopic (exact) mass is 235 g/mol. The Balaban J connectivity index is 2.86. The molecule has 0 amide bonds. The molecule has 1 rings (SSSR count). The Hall–Kier alpha value is -2.17. The summed E-state index contributed by atoms with van der Waals surface area (Å²) in [6.07, 6.45) is 2.58. The molecular weight excluding hydrogens is 222 g/mol. The first-order valence-electron chi connectivity index (χ1n) is 5.09. The molecule has 0 unspecified atom stereocenters. The number of hydrogen-bond donors (Lipinski definition) is 1. The number of carbonyl (C=O) groups excluding carboxylic acids is 1. The van der Waals surface area contributed by atoms with Gasteiger partial charge in [-0.3, -0.25) is 4.98 Å². The van der Waals surface area contributed by atoms with Gasteiger partial charge in [0, 0.05) is 12.3 Å². The quantitative estimate of drug-likeness (QED) is 0.635. The van der Waals surface area contributed by atoms with Gasteiger partial charge in [0.25, 0.3) is 0 Å². The standard InChI is InChI=1S/C12H13NO4/c1-3-17-11(14)6-8(2)10-5-4-9(7-13-10)12(15)16/h4-7H,3H2,1-2H3,(H,15,16)/b8-6+. The maximum Gasteiger partial charge on any atom is 0.337 e. The molecule has 17 heavy (non-hydrogen) atoms. The lowest BCUT2D eigenvalue weighted by Gasteiger charge is -2.01. The maximum atomic E-state index is 11.2. The zero-order chi connectivity index (χ0) is 12.8. The molecule has 5 nitrogen and oxygen atoms in total. The second-order valence-corrected chi connectivity index (χ2v) is 3.32. The lowest BCUT2D eigenvalue weighted by molar-refractivity contribution is -0.137. The Bertz CT molecular complexity index is 448. The topological polar surface area (TPSA) is 76.5 Å². The van der Waals surface area contributed by atoms with Gasteiger partial charge in [0.1, 0.15) is 0 Å². The van der Waals surface area contributed by atoms with E-state index in [0.717, 1.165) is 0 Å². The number of carboxylic acid groups (broad SMARTS) is 1. The highest BCUT2D eigenvalue weighted by Crippen LogP contribution is 2.11. The molecule has 0 aliphatic rings. The molecule has 1 aromatic rings. The van der Waals surface area contributed by atoms with E-state index in [2.05, 4.69) is 4.98 Å². The minimum Gasteiger partial charge on any atom is -0.478 e. The summed E-state index contributed by atoms with van der Waals surface area (Å²) in [6, 6.07) is 2.99. The molecule has 1 aromatic heterocycles. The predicted molar refractivity (Wildman–Crippen MR) is 61.5 cm³/mol. The Kier molecular flexibility index (Phi) is 4.39. The van der Waals surface area contributed by atoms with Crippen LogP contribution in [0.3, 0.4) is 0 Å². The summed E-state index contributed by atoms with van der Waals surface area (Å²) < 4.78 is 4.76. The summed E-state index contributed by atoms with van der Waals surface area (Å²) in [5.74, 6) is -1.47. The third-order valence-corrected chi connectivity index (χ3v) is 2.04. The number of rotatable bonds is 4. The number of aromatic carboxylic acids is 1. The summed E-state index contributed by atoms with van der Waals surface area (Å²) >= 11 is 0. The third-order valence-electron chi connectivity index (χ3n) is 2.04. The molecule has 90 valence electrons. The van der Waals surface area contributed by atoms with Crippen LogP contribution in [-0.2, 0) is 9.53 Å². The van der Waals surface area contributed by atoms with Crippen LogP contribution in [0.25, 0.3) is 5.57 Å². The van der Waals surface area contributed by atoms with E-state index in [4.69, 9.17) is 9.84 Å². The fraction of sp³-hybridized carbons (Fsp3) is 0.250. The molecule has 0 aliphatic heterocycles. The molecule has 0 aliphatic carbocycles. The van der Waals surface area contributed by atoms with Crippen LogP contribution in [0, 0.1) is 0 Å². The molecule has 0 bridgehead atoms. The molecule has 0 atom stereocenters. The highest BCUT2D eigenvalue weighted by atomic mass is 16.5. The number of aromatic nitrogens is 1. The van der Waals surface area contributed by atoms with Gasteiger partial charge in [-0.2, -0.15) is 0 Å². The molecular formula is C12H13NO4. The van der Waals surface area contributed by atoms with Crippen LogP contribution < -0.4 is 0 Å². The number of ether oxygens (including phenoxy) is 1. The van der Waals surface area contributed by atoms with E-state index < -0.39 is 11.9 Å². The van der Waals surface area contributed by atoms with E-state index in [0.29, 0.717) is 17.9 Å². The first kappa shape index (κ1) is 12.9. The van der Waals surface area contributed by atoms with Crippen molar-refractivity contribution in [1.29, 1.82) is 0 Å². The molecule has 0 spiro atoms. The summed E-state index contributed by atoms with van der Waals surface area (Å²) in [4.78, 5) is 25.8.